The molecule has 0 aliphatic rings. The quantitative estimate of drug-likeness (QED) is 0.0407. The molecule has 0 aliphatic carbocycles. The van der Waals surface area contributed by atoms with E-state index in [9.17, 15) is 14.7 Å². The maximum Gasteiger partial charge on any atom is 0.306 e. The third kappa shape index (κ3) is 36.7. The Morgan fingerprint density at radius 1 is 0.479 bits per heavy atom. The lowest BCUT2D eigenvalue weighted by Crippen LogP contribution is -2.28. The second kappa shape index (κ2) is 39.3. The van der Waals surface area contributed by atoms with E-state index in [1.165, 1.54) is 116 Å². The molecule has 0 aromatic heterocycles. The van der Waals surface area contributed by atoms with Gasteiger partial charge < -0.3 is 14.6 Å². The predicted octanol–water partition coefficient (Wildman–Crippen LogP) is 12.6. The van der Waals surface area contributed by atoms with E-state index in [4.69, 9.17) is 9.47 Å². The summed E-state index contributed by atoms with van der Waals surface area (Å²) in [5.74, 6) is -0.640. The standard InChI is InChI=1S/C43H76O5/c1-3-5-7-9-11-13-15-17-19-20-21-22-24-26-28-30-32-34-36-38-43(46)48-41(39-44)40-47-42(45)37-35-33-31-29-27-25-23-18-16-14-12-10-8-6-4-2/h12,14,18,20-21,23,27,29,41,44H,3-11,13,15-17,19,22,24-26,28,30-40H2,1-2H3/b14-12-,21-20-,23-18-,29-27-/t41-/m0/s1. The molecule has 1 atom stereocenters. The van der Waals surface area contributed by atoms with Crippen molar-refractivity contribution >= 4 is 11.9 Å². The Labute approximate surface area is 297 Å². The molecule has 0 aromatic carbocycles. The first-order chi connectivity index (χ1) is 23.6. The van der Waals surface area contributed by atoms with Crippen LogP contribution in [0.2, 0.25) is 0 Å². The Kier molecular flexibility index (Phi) is 37.5. The number of unbranched alkanes of at least 4 members (excludes halogenated alkanes) is 20. The number of aliphatic hydroxyl groups excluding tert-OH is 1. The van der Waals surface area contributed by atoms with E-state index in [0.29, 0.717) is 12.8 Å². The fourth-order valence-electron chi connectivity index (χ4n) is 5.50. The smallest absolute Gasteiger partial charge is 0.306 e. The van der Waals surface area contributed by atoms with Gasteiger partial charge in [-0.05, 0) is 77.0 Å². The van der Waals surface area contributed by atoms with E-state index in [2.05, 4.69) is 62.5 Å². The maximum atomic E-state index is 12.2. The second-order valence-electron chi connectivity index (χ2n) is 13.4. The Balaban J connectivity index is 3.61. The van der Waals surface area contributed by atoms with Crippen LogP contribution in [0.25, 0.3) is 0 Å². The summed E-state index contributed by atoms with van der Waals surface area (Å²) in [5, 5.41) is 9.55. The highest BCUT2D eigenvalue weighted by Crippen LogP contribution is 2.13. The molecule has 0 aromatic rings. The van der Waals surface area contributed by atoms with E-state index < -0.39 is 6.10 Å². The summed E-state index contributed by atoms with van der Waals surface area (Å²) in [4.78, 5) is 24.2. The van der Waals surface area contributed by atoms with Crippen LogP contribution in [-0.2, 0) is 19.1 Å². The van der Waals surface area contributed by atoms with Crippen LogP contribution in [0.5, 0.6) is 0 Å². The van der Waals surface area contributed by atoms with Crippen LogP contribution in [0.1, 0.15) is 194 Å². The van der Waals surface area contributed by atoms with Gasteiger partial charge >= 0.3 is 11.9 Å². The van der Waals surface area contributed by atoms with Crippen molar-refractivity contribution in [2.24, 2.45) is 0 Å². The fourth-order valence-corrected chi connectivity index (χ4v) is 5.50. The lowest BCUT2D eigenvalue weighted by atomic mass is 10.1. The average molecular weight is 673 g/mol. The Hall–Kier alpha value is -2.14. The Morgan fingerprint density at radius 3 is 1.35 bits per heavy atom. The van der Waals surface area contributed by atoms with Crippen LogP contribution in [0.4, 0.5) is 0 Å². The maximum absolute atomic E-state index is 12.2. The lowest BCUT2D eigenvalue weighted by Gasteiger charge is -2.15. The summed E-state index contributed by atoms with van der Waals surface area (Å²) < 4.78 is 10.6. The van der Waals surface area contributed by atoms with Gasteiger partial charge in [0.2, 0.25) is 0 Å². The van der Waals surface area contributed by atoms with Gasteiger partial charge in [0.05, 0.1) is 6.61 Å². The van der Waals surface area contributed by atoms with Crippen molar-refractivity contribution in [3.05, 3.63) is 48.6 Å². The zero-order chi connectivity index (χ0) is 35.0. The number of aliphatic hydroxyl groups is 1. The van der Waals surface area contributed by atoms with Crippen molar-refractivity contribution in [2.45, 2.75) is 200 Å². The number of rotatable bonds is 36. The molecule has 48 heavy (non-hydrogen) atoms. The number of hydrogen-bond donors (Lipinski definition) is 1. The molecule has 0 saturated heterocycles. The van der Waals surface area contributed by atoms with Crippen LogP contribution in [0.3, 0.4) is 0 Å². The molecule has 0 unspecified atom stereocenters. The third-order valence-electron chi connectivity index (χ3n) is 8.60. The molecular formula is C43H76O5. The monoisotopic (exact) mass is 673 g/mol. The first-order valence-corrected chi connectivity index (χ1v) is 20.2. The van der Waals surface area contributed by atoms with Gasteiger partial charge in [-0.3, -0.25) is 9.59 Å². The number of allylic oxidation sites excluding steroid dienone is 8. The Morgan fingerprint density at radius 2 is 0.833 bits per heavy atom. The molecule has 0 radical (unpaired) electrons. The van der Waals surface area contributed by atoms with Gasteiger partial charge in [0.1, 0.15) is 6.61 Å². The van der Waals surface area contributed by atoms with Crippen molar-refractivity contribution in [1.29, 1.82) is 0 Å². The van der Waals surface area contributed by atoms with Gasteiger partial charge in [0.15, 0.2) is 6.10 Å². The molecule has 0 fully saturated rings. The minimum Gasteiger partial charge on any atom is -0.462 e. The SMILES string of the molecule is CCCCC/C=C\C/C=C\C/C=C\CCCCC(=O)OC[C@H](CO)OC(=O)CCCCCCCCC/C=C\CCCCCCCCCC. The van der Waals surface area contributed by atoms with E-state index in [1.54, 1.807) is 0 Å². The summed E-state index contributed by atoms with van der Waals surface area (Å²) in [6, 6.07) is 0. The first-order valence-electron chi connectivity index (χ1n) is 20.2. The van der Waals surface area contributed by atoms with E-state index >= 15 is 0 Å². The number of esters is 2. The van der Waals surface area contributed by atoms with Gasteiger partial charge in [0, 0.05) is 12.8 Å². The van der Waals surface area contributed by atoms with Crippen LogP contribution in [-0.4, -0.2) is 36.4 Å². The summed E-state index contributed by atoms with van der Waals surface area (Å²) in [6.07, 6.45) is 48.9. The molecule has 1 N–H and O–H groups in total. The number of hydrogen-bond acceptors (Lipinski definition) is 5. The lowest BCUT2D eigenvalue weighted by molar-refractivity contribution is -0.161. The van der Waals surface area contributed by atoms with Crippen LogP contribution in [0.15, 0.2) is 48.6 Å². The molecule has 0 rings (SSSR count). The van der Waals surface area contributed by atoms with Crippen molar-refractivity contribution in [1.82, 2.24) is 0 Å². The van der Waals surface area contributed by atoms with Crippen LogP contribution < -0.4 is 0 Å². The normalized spacial score (nSPS) is 12.6. The molecule has 5 nitrogen and oxygen atoms in total. The van der Waals surface area contributed by atoms with Gasteiger partial charge in [-0.2, -0.15) is 0 Å². The minimum atomic E-state index is -0.789. The molecule has 278 valence electrons. The molecule has 0 amide bonds. The highest BCUT2D eigenvalue weighted by Gasteiger charge is 2.16. The van der Waals surface area contributed by atoms with Gasteiger partial charge in [-0.1, -0.05) is 152 Å². The molecular weight excluding hydrogens is 596 g/mol. The van der Waals surface area contributed by atoms with Crippen molar-refractivity contribution in [3.63, 3.8) is 0 Å². The van der Waals surface area contributed by atoms with Crippen molar-refractivity contribution in [2.75, 3.05) is 13.2 Å². The molecule has 0 saturated carbocycles. The topological polar surface area (TPSA) is 72.8 Å². The number of ether oxygens (including phenoxy) is 2. The third-order valence-corrected chi connectivity index (χ3v) is 8.60. The minimum absolute atomic E-state index is 0.0877. The second-order valence-corrected chi connectivity index (χ2v) is 13.4. The molecule has 0 spiro atoms. The average Bonchev–Trinajstić information content (AvgIpc) is 3.09. The molecule has 5 heteroatoms. The van der Waals surface area contributed by atoms with Crippen molar-refractivity contribution in [3.8, 4) is 0 Å². The van der Waals surface area contributed by atoms with Crippen LogP contribution >= 0.6 is 0 Å². The van der Waals surface area contributed by atoms with Gasteiger partial charge in [-0.25, -0.2) is 0 Å². The molecule has 0 aliphatic heterocycles. The predicted molar refractivity (Wildman–Crippen MR) is 205 cm³/mol. The summed E-state index contributed by atoms with van der Waals surface area (Å²) in [6.45, 7) is 4.07. The zero-order valence-electron chi connectivity index (χ0n) is 31.5. The number of carbonyl (C=O) groups is 2. The summed E-state index contributed by atoms with van der Waals surface area (Å²) in [5.41, 5.74) is 0. The Bertz CT molecular complexity index is 812. The van der Waals surface area contributed by atoms with E-state index in [-0.39, 0.29) is 25.2 Å². The van der Waals surface area contributed by atoms with E-state index in [1.807, 2.05) is 0 Å². The highest BCUT2D eigenvalue weighted by atomic mass is 16.6. The molecule has 0 bridgehead atoms. The molecule has 0 heterocycles. The van der Waals surface area contributed by atoms with Crippen molar-refractivity contribution < 1.29 is 24.2 Å². The number of carbonyl (C=O) groups excluding carboxylic acids is 2. The summed E-state index contributed by atoms with van der Waals surface area (Å²) >= 11 is 0. The van der Waals surface area contributed by atoms with Gasteiger partial charge in [0.25, 0.3) is 0 Å². The van der Waals surface area contributed by atoms with Gasteiger partial charge in [-0.15, -0.1) is 0 Å². The largest absolute Gasteiger partial charge is 0.462 e. The summed E-state index contributed by atoms with van der Waals surface area (Å²) in [7, 11) is 0. The first kappa shape index (κ1) is 45.9. The zero-order valence-corrected chi connectivity index (χ0v) is 31.5. The highest BCUT2D eigenvalue weighted by molar-refractivity contribution is 5.70. The van der Waals surface area contributed by atoms with Crippen LogP contribution in [0, 0.1) is 0 Å². The fraction of sp³-hybridized carbons (Fsp3) is 0.767. The van der Waals surface area contributed by atoms with E-state index in [0.717, 1.165) is 51.4 Å².